The molecule has 26 heavy (non-hydrogen) atoms. The first-order valence-corrected chi connectivity index (χ1v) is 10.0. The van der Waals surface area contributed by atoms with E-state index in [1.54, 1.807) is 37.4 Å². The second-order valence-corrected chi connectivity index (χ2v) is 9.46. The Morgan fingerprint density at radius 1 is 1.08 bits per heavy atom. The highest BCUT2D eigenvalue weighted by atomic mass is 32.2. The van der Waals surface area contributed by atoms with Crippen molar-refractivity contribution in [1.29, 1.82) is 0 Å². The number of aryl methyl sites for hydroxylation is 1. The van der Waals surface area contributed by atoms with Gasteiger partial charge in [-0.25, -0.2) is 13.4 Å². The summed E-state index contributed by atoms with van der Waals surface area (Å²) in [6.07, 6.45) is 1.61. The Morgan fingerprint density at radius 2 is 1.81 bits per heavy atom. The molecule has 2 aromatic heterocycles. The van der Waals surface area contributed by atoms with Crippen LogP contribution in [0, 0.1) is 6.92 Å². The first-order chi connectivity index (χ1) is 12.1. The molecule has 0 amide bonds. The van der Waals surface area contributed by atoms with Crippen molar-refractivity contribution >= 4 is 15.5 Å². The SMILES string of the molecule is Cc1ccc(C(C)(C)C)cc1S(=O)(=O)Cc1cc(=O)n2ccccc2n1. The largest absolute Gasteiger partial charge is 0.269 e. The number of rotatable bonds is 3. The topological polar surface area (TPSA) is 68.5 Å². The van der Waals surface area contributed by atoms with E-state index in [2.05, 4.69) is 4.98 Å². The quantitative estimate of drug-likeness (QED) is 0.709. The number of aromatic nitrogens is 2. The van der Waals surface area contributed by atoms with E-state index < -0.39 is 9.84 Å². The van der Waals surface area contributed by atoms with Crippen LogP contribution in [-0.4, -0.2) is 17.8 Å². The van der Waals surface area contributed by atoms with Crippen molar-refractivity contribution in [2.45, 2.75) is 43.8 Å². The number of benzene rings is 1. The van der Waals surface area contributed by atoms with Gasteiger partial charge < -0.3 is 0 Å². The van der Waals surface area contributed by atoms with E-state index in [-0.39, 0.29) is 22.4 Å². The number of sulfone groups is 1. The molecular weight excluding hydrogens is 348 g/mol. The van der Waals surface area contributed by atoms with E-state index in [0.717, 1.165) is 5.56 Å². The molecular formula is C20H22N2O3S. The summed E-state index contributed by atoms with van der Waals surface area (Å²) >= 11 is 0. The Morgan fingerprint density at radius 3 is 2.50 bits per heavy atom. The van der Waals surface area contributed by atoms with Gasteiger partial charge in [-0.2, -0.15) is 0 Å². The average molecular weight is 370 g/mol. The van der Waals surface area contributed by atoms with Crippen molar-refractivity contribution in [2.75, 3.05) is 0 Å². The van der Waals surface area contributed by atoms with Crippen molar-refractivity contribution in [1.82, 2.24) is 9.38 Å². The van der Waals surface area contributed by atoms with Gasteiger partial charge in [0.05, 0.1) is 16.3 Å². The zero-order chi connectivity index (χ0) is 19.1. The first kappa shape index (κ1) is 18.3. The van der Waals surface area contributed by atoms with Gasteiger partial charge in [0.25, 0.3) is 5.56 Å². The summed E-state index contributed by atoms with van der Waals surface area (Å²) in [7, 11) is -3.62. The number of hydrogen-bond donors (Lipinski definition) is 0. The van der Waals surface area contributed by atoms with Crippen molar-refractivity contribution in [3.05, 3.63) is 75.8 Å². The molecule has 0 unspecified atom stereocenters. The summed E-state index contributed by atoms with van der Waals surface area (Å²) in [5.41, 5.74) is 1.88. The molecule has 0 fully saturated rings. The van der Waals surface area contributed by atoms with Crippen molar-refractivity contribution in [3.8, 4) is 0 Å². The maximum atomic E-state index is 13.0. The Bertz CT molecular complexity index is 1140. The van der Waals surface area contributed by atoms with Crippen LogP contribution in [0.5, 0.6) is 0 Å². The van der Waals surface area contributed by atoms with E-state index in [1.807, 2.05) is 32.9 Å². The molecule has 0 saturated heterocycles. The molecule has 0 atom stereocenters. The Hall–Kier alpha value is -2.47. The van der Waals surface area contributed by atoms with Crippen LogP contribution in [0.4, 0.5) is 0 Å². The van der Waals surface area contributed by atoms with E-state index in [9.17, 15) is 13.2 Å². The first-order valence-electron chi connectivity index (χ1n) is 8.39. The van der Waals surface area contributed by atoms with Gasteiger partial charge in [-0.1, -0.05) is 39.0 Å². The second kappa shape index (κ2) is 6.36. The Balaban J connectivity index is 2.06. The molecule has 2 heterocycles. The average Bonchev–Trinajstić information content (AvgIpc) is 2.53. The lowest BCUT2D eigenvalue weighted by Crippen LogP contribution is -2.18. The minimum absolute atomic E-state index is 0.155. The lowest BCUT2D eigenvalue weighted by molar-refractivity contribution is 0.582. The molecule has 0 bridgehead atoms. The van der Waals surface area contributed by atoms with Crippen LogP contribution in [0.2, 0.25) is 0 Å². The second-order valence-electron chi connectivity index (χ2n) is 7.50. The maximum absolute atomic E-state index is 13.0. The molecule has 0 aliphatic rings. The zero-order valence-corrected chi connectivity index (χ0v) is 16.2. The van der Waals surface area contributed by atoms with Gasteiger partial charge in [0, 0.05) is 12.3 Å². The van der Waals surface area contributed by atoms with E-state index in [1.165, 1.54) is 10.5 Å². The smallest absolute Gasteiger partial charge is 0.258 e. The summed E-state index contributed by atoms with van der Waals surface area (Å²) in [5, 5.41) is 0. The molecule has 0 N–H and O–H groups in total. The minimum atomic E-state index is -3.62. The maximum Gasteiger partial charge on any atom is 0.258 e. The Kier molecular flexibility index (Phi) is 4.48. The lowest BCUT2D eigenvalue weighted by atomic mass is 9.87. The van der Waals surface area contributed by atoms with Gasteiger partial charge in [-0.05, 0) is 41.7 Å². The van der Waals surface area contributed by atoms with Gasteiger partial charge in [0.1, 0.15) is 5.65 Å². The fourth-order valence-electron chi connectivity index (χ4n) is 2.85. The number of nitrogens with zero attached hydrogens (tertiary/aromatic N) is 2. The van der Waals surface area contributed by atoms with E-state index in [4.69, 9.17) is 0 Å². The highest BCUT2D eigenvalue weighted by molar-refractivity contribution is 7.90. The molecule has 5 nitrogen and oxygen atoms in total. The molecule has 136 valence electrons. The highest BCUT2D eigenvalue weighted by Gasteiger charge is 2.23. The summed E-state index contributed by atoms with van der Waals surface area (Å²) in [5.74, 6) is -0.304. The number of fused-ring (bicyclic) bond motifs is 1. The van der Waals surface area contributed by atoms with Gasteiger partial charge >= 0.3 is 0 Å². The third-order valence-electron chi connectivity index (χ3n) is 4.35. The summed E-state index contributed by atoms with van der Waals surface area (Å²) in [6.45, 7) is 7.90. The summed E-state index contributed by atoms with van der Waals surface area (Å²) < 4.78 is 27.4. The van der Waals surface area contributed by atoms with Crippen LogP contribution in [-0.2, 0) is 21.0 Å². The van der Waals surface area contributed by atoms with Gasteiger partial charge in [0.2, 0.25) is 0 Å². The molecule has 0 aliphatic heterocycles. The fraction of sp³-hybridized carbons (Fsp3) is 0.300. The third-order valence-corrected chi connectivity index (χ3v) is 6.14. The van der Waals surface area contributed by atoms with Crippen molar-refractivity contribution in [2.24, 2.45) is 0 Å². The molecule has 0 saturated carbocycles. The zero-order valence-electron chi connectivity index (χ0n) is 15.4. The van der Waals surface area contributed by atoms with Crippen LogP contribution in [0.15, 0.2) is 58.4 Å². The van der Waals surface area contributed by atoms with Gasteiger partial charge in [-0.3, -0.25) is 9.20 Å². The van der Waals surface area contributed by atoms with Crippen molar-refractivity contribution < 1.29 is 8.42 Å². The summed E-state index contributed by atoms with van der Waals surface area (Å²) in [6, 6.07) is 12.0. The standard InChI is InChI=1S/C20H22N2O3S/c1-14-8-9-15(20(2,3)4)11-17(14)26(24,25)13-16-12-19(23)22-10-6-5-7-18(22)21-16/h5-12H,13H2,1-4H3. The molecule has 0 spiro atoms. The van der Waals surface area contributed by atoms with Gasteiger partial charge in [-0.15, -0.1) is 0 Å². The van der Waals surface area contributed by atoms with E-state index in [0.29, 0.717) is 16.1 Å². The molecule has 6 heteroatoms. The van der Waals surface area contributed by atoms with Crippen LogP contribution in [0.3, 0.4) is 0 Å². The van der Waals surface area contributed by atoms with E-state index >= 15 is 0 Å². The predicted molar refractivity (Wildman–Crippen MR) is 102 cm³/mol. The highest BCUT2D eigenvalue weighted by Crippen LogP contribution is 2.28. The van der Waals surface area contributed by atoms with Crippen LogP contribution in [0.25, 0.3) is 5.65 Å². The van der Waals surface area contributed by atoms with Crippen LogP contribution >= 0.6 is 0 Å². The van der Waals surface area contributed by atoms with Gasteiger partial charge in [0.15, 0.2) is 9.84 Å². The molecule has 0 aliphatic carbocycles. The predicted octanol–water partition coefficient (Wildman–Crippen LogP) is 3.27. The van der Waals surface area contributed by atoms with Crippen LogP contribution < -0.4 is 5.56 Å². The number of pyridine rings is 1. The molecule has 1 aromatic carbocycles. The van der Waals surface area contributed by atoms with Crippen LogP contribution in [0.1, 0.15) is 37.6 Å². The number of hydrogen-bond acceptors (Lipinski definition) is 4. The minimum Gasteiger partial charge on any atom is -0.269 e. The molecule has 3 rings (SSSR count). The molecule has 0 radical (unpaired) electrons. The summed E-state index contributed by atoms with van der Waals surface area (Å²) in [4.78, 5) is 16.8. The molecule has 3 aromatic rings. The fourth-order valence-corrected chi connectivity index (χ4v) is 4.41. The normalized spacial score (nSPS) is 12.5. The Labute approximate surface area is 153 Å². The third kappa shape index (κ3) is 3.55. The van der Waals surface area contributed by atoms with Crippen molar-refractivity contribution in [3.63, 3.8) is 0 Å². The monoisotopic (exact) mass is 370 g/mol. The lowest BCUT2D eigenvalue weighted by Gasteiger charge is -2.20.